The average Bonchev–Trinajstić information content (AvgIpc) is 3.24. The molecule has 2 heterocycles. The Morgan fingerprint density at radius 3 is 2.96 bits per heavy atom. The summed E-state index contributed by atoms with van der Waals surface area (Å²) in [6.07, 6.45) is 1.12. The Labute approximate surface area is 141 Å². The Balaban J connectivity index is 1.44. The summed E-state index contributed by atoms with van der Waals surface area (Å²) in [5.41, 5.74) is 2.65. The molecule has 3 rings (SSSR count). The Hall–Kier alpha value is -2.01. The van der Waals surface area contributed by atoms with Gasteiger partial charge in [0.2, 0.25) is 0 Å². The van der Waals surface area contributed by atoms with Crippen molar-refractivity contribution in [1.29, 1.82) is 0 Å². The summed E-state index contributed by atoms with van der Waals surface area (Å²) in [6.45, 7) is 3.84. The molecule has 5 heteroatoms. The van der Waals surface area contributed by atoms with Crippen LogP contribution >= 0.6 is 11.3 Å². The van der Waals surface area contributed by atoms with E-state index in [1.165, 1.54) is 11.1 Å². The van der Waals surface area contributed by atoms with Crippen LogP contribution in [0, 0.1) is 0 Å². The normalized spacial score (nSPS) is 18.2. The highest BCUT2D eigenvalue weighted by atomic mass is 32.1. The lowest BCUT2D eigenvalue weighted by Gasteiger charge is -2.17. The van der Waals surface area contributed by atoms with E-state index in [1.54, 1.807) is 18.4 Å². The lowest BCUT2D eigenvalue weighted by atomic mass is 10.1. The number of fused-ring (bicyclic) bond motifs is 1. The zero-order valence-electron chi connectivity index (χ0n) is 13.6. The Kier molecular flexibility index (Phi) is 5.18. The number of benzene rings is 1. The maximum atomic E-state index is 5.94. The van der Waals surface area contributed by atoms with Gasteiger partial charge in [-0.1, -0.05) is 25.1 Å². The van der Waals surface area contributed by atoms with E-state index in [1.807, 2.05) is 12.1 Å². The van der Waals surface area contributed by atoms with E-state index in [0.29, 0.717) is 5.92 Å². The maximum absolute atomic E-state index is 5.94. The van der Waals surface area contributed by atoms with Crippen LogP contribution in [-0.2, 0) is 6.42 Å². The van der Waals surface area contributed by atoms with Gasteiger partial charge in [0.15, 0.2) is 5.96 Å². The number of rotatable bonds is 5. The van der Waals surface area contributed by atoms with Crippen LogP contribution in [0.3, 0.4) is 0 Å². The number of ether oxygens (including phenoxy) is 1. The number of nitrogens with zero attached hydrogens (tertiary/aromatic N) is 1. The van der Waals surface area contributed by atoms with Crippen molar-refractivity contribution in [2.45, 2.75) is 25.4 Å². The second-order valence-corrected chi connectivity index (χ2v) is 6.62. The van der Waals surface area contributed by atoms with Crippen LogP contribution in [0.5, 0.6) is 5.75 Å². The summed E-state index contributed by atoms with van der Waals surface area (Å²) in [4.78, 5) is 4.29. The fourth-order valence-electron chi connectivity index (χ4n) is 2.72. The molecule has 0 amide bonds. The molecule has 0 saturated heterocycles. The van der Waals surface area contributed by atoms with Gasteiger partial charge in [-0.05, 0) is 39.9 Å². The summed E-state index contributed by atoms with van der Waals surface area (Å²) in [5.74, 6) is 2.30. The largest absolute Gasteiger partial charge is 0.488 e. The molecule has 23 heavy (non-hydrogen) atoms. The van der Waals surface area contributed by atoms with Crippen LogP contribution in [0.25, 0.3) is 0 Å². The smallest absolute Gasteiger partial charge is 0.191 e. The first-order valence-electron chi connectivity index (χ1n) is 7.97. The maximum Gasteiger partial charge on any atom is 0.191 e. The highest BCUT2D eigenvalue weighted by molar-refractivity contribution is 7.07. The second kappa shape index (κ2) is 7.51. The number of para-hydroxylation sites is 1. The molecule has 2 unspecified atom stereocenters. The monoisotopic (exact) mass is 329 g/mol. The number of hydrogen-bond donors (Lipinski definition) is 2. The topological polar surface area (TPSA) is 45.7 Å². The van der Waals surface area contributed by atoms with Crippen molar-refractivity contribution < 1.29 is 4.74 Å². The lowest BCUT2D eigenvalue weighted by Crippen LogP contribution is -2.43. The number of nitrogens with one attached hydrogen (secondary N) is 2. The number of guanidine groups is 1. The minimum atomic E-state index is 0.167. The third kappa shape index (κ3) is 4.05. The predicted octanol–water partition coefficient (Wildman–Crippen LogP) is 3.02. The van der Waals surface area contributed by atoms with Crippen molar-refractivity contribution in [2.24, 2.45) is 4.99 Å². The highest BCUT2D eigenvalue weighted by Crippen LogP contribution is 2.27. The third-order valence-electron chi connectivity index (χ3n) is 4.12. The molecule has 2 atom stereocenters. The summed E-state index contributed by atoms with van der Waals surface area (Å²) in [5, 5.41) is 11.1. The quantitative estimate of drug-likeness (QED) is 0.655. The van der Waals surface area contributed by atoms with Gasteiger partial charge in [-0.15, -0.1) is 0 Å². The Morgan fingerprint density at radius 1 is 1.35 bits per heavy atom. The van der Waals surface area contributed by atoms with Crippen LogP contribution in [0.1, 0.15) is 24.0 Å². The van der Waals surface area contributed by atoms with Crippen molar-refractivity contribution in [1.82, 2.24) is 10.6 Å². The van der Waals surface area contributed by atoms with Gasteiger partial charge in [0, 0.05) is 20.0 Å². The van der Waals surface area contributed by atoms with Gasteiger partial charge in [0.05, 0.1) is 6.54 Å². The van der Waals surface area contributed by atoms with Gasteiger partial charge in [0.25, 0.3) is 0 Å². The van der Waals surface area contributed by atoms with Crippen LogP contribution < -0.4 is 15.4 Å². The molecular formula is C18H23N3OS. The molecule has 1 aliphatic heterocycles. The van der Waals surface area contributed by atoms with Crippen LogP contribution in [-0.4, -0.2) is 32.2 Å². The van der Waals surface area contributed by atoms with E-state index in [4.69, 9.17) is 4.74 Å². The van der Waals surface area contributed by atoms with E-state index >= 15 is 0 Å². The highest BCUT2D eigenvalue weighted by Gasteiger charge is 2.22. The molecular weight excluding hydrogens is 306 g/mol. The standard InChI is InChI=1S/C18H23N3OS/c1-13(15-7-8-23-12-15)10-20-18(19-2)21-11-16-9-14-5-3-4-6-17(14)22-16/h3-8,12-13,16H,9-11H2,1-2H3,(H2,19,20,21). The molecule has 1 aromatic carbocycles. The SMILES string of the molecule is CN=C(NCC1Cc2ccccc2O1)NCC(C)c1ccsc1. The number of thiophene rings is 1. The second-order valence-electron chi connectivity index (χ2n) is 5.84. The molecule has 0 bridgehead atoms. The van der Waals surface area contributed by atoms with E-state index in [-0.39, 0.29) is 6.10 Å². The van der Waals surface area contributed by atoms with Crippen molar-refractivity contribution in [3.8, 4) is 5.75 Å². The van der Waals surface area contributed by atoms with E-state index < -0.39 is 0 Å². The third-order valence-corrected chi connectivity index (χ3v) is 4.82. The number of hydrogen-bond acceptors (Lipinski definition) is 3. The molecule has 0 saturated carbocycles. The van der Waals surface area contributed by atoms with E-state index in [0.717, 1.165) is 31.2 Å². The van der Waals surface area contributed by atoms with Crippen molar-refractivity contribution in [2.75, 3.05) is 20.1 Å². The van der Waals surface area contributed by atoms with Gasteiger partial charge in [0.1, 0.15) is 11.9 Å². The minimum Gasteiger partial charge on any atom is -0.488 e. The van der Waals surface area contributed by atoms with Gasteiger partial charge in [-0.25, -0.2) is 0 Å². The van der Waals surface area contributed by atoms with Crippen molar-refractivity contribution >= 4 is 17.3 Å². The molecule has 0 fully saturated rings. The summed E-state index contributed by atoms with van der Waals surface area (Å²) in [7, 11) is 1.80. The zero-order valence-corrected chi connectivity index (χ0v) is 14.4. The Morgan fingerprint density at radius 2 is 2.22 bits per heavy atom. The predicted molar refractivity (Wildman–Crippen MR) is 96.7 cm³/mol. The Bertz CT molecular complexity index is 629. The van der Waals surface area contributed by atoms with Crippen molar-refractivity contribution in [3.05, 3.63) is 52.2 Å². The van der Waals surface area contributed by atoms with Gasteiger partial charge in [-0.2, -0.15) is 11.3 Å². The summed E-state index contributed by atoms with van der Waals surface area (Å²) >= 11 is 1.74. The summed E-state index contributed by atoms with van der Waals surface area (Å²) in [6, 6.07) is 10.4. The number of aliphatic imine (C=N–C) groups is 1. The molecule has 122 valence electrons. The molecule has 4 nitrogen and oxygen atoms in total. The van der Waals surface area contributed by atoms with Gasteiger partial charge in [-0.3, -0.25) is 4.99 Å². The van der Waals surface area contributed by atoms with Gasteiger partial charge >= 0.3 is 0 Å². The molecule has 0 aliphatic carbocycles. The van der Waals surface area contributed by atoms with Crippen LogP contribution in [0.15, 0.2) is 46.1 Å². The van der Waals surface area contributed by atoms with Gasteiger partial charge < -0.3 is 15.4 Å². The van der Waals surface area contributed by atoms with Crippen LogP contribution in [0.4, 0.5) is 0 Å². The first kappa shape index (κ1) is 15.9. The fourth-order valence-corrected chi connectivity index (χ4v) is 3.50. The van der Waals surface area contributed by atoms with Crippen molar-refractivity contribution in [3.63, 3.8) is 0 Å². The first-order valence-corrected chi connectivity index (χ1v) is 8.91. The lowest BCUT2D eigenvalue weighted by molar-refractivity contribution is 0.235. The molecule has 2 N–H and O–H groups in total. The molecule has 0 spiro atoms. The fraction of sp³-hybridized carbons (Fsp3) is 0.389. The molecule has 2 aromatic rings. The van der Waals surface area contributed by atoms with E-state index in [2.05, 4.69) is 51.5 Å². The van der Waals surface area contributed by atoms with Crippen LogP contribution in [0.2, 0.25) is 0 Å². The first-order chi connectivity index (χ1) is 11.3. The molecule has 1 aromatic heterocycles. The summed E-state index contributed by atoms with van der Waals surface area (Å²) < 4.78 is 5.94. The van der Waals surface area contributed by atoms with E-state index in [9.17, 15) is 0 Å². The molecule has 0 radical (unpaired) electrons. The molecule has 1 aliphatic rings. The average molecular weight is 329 g/mol. The minimum absolute atomic E-state index is 0.167. The zero-order chi connectivity index (χ0) is 16.1.